The van der Waals surface area contributed by atoms with Crippen LogP contribution in [0.5, 0.6) is 0 Å². The first-order chi connectivity index (χ1) is 7.59. The van der Waals surface area contributed by atoms with E-state index in [0.717, 1.165) is 0 Å². The van der Waals surface area contributed by atoms with Gasteiger partial charge < -0.3 is 9.67 Å². The van der Waals surface area contributed by atoms with Gasteiger partial charge in [-0.3, -0.25) is 0 Å². The topological polar surface area (TPSA) is 38.1 Å². The van der Waals surface area contributed by atoms with E-state index in [2.05, 4.69) is 4.98 Å². The third-order valence-corrected chi connectivity index (χ3v) is 2.61. The molecule has 0 spiro atoms. The van der Waals surface area contributed by atoms with Crippen molar-refractivity contribution in [2.75, 3.05) is 0 Å². The Morgan fingerprint density at radius 3 is 2.75 bits per heavy atom. The number of hydrogen-bond acceptors (Lipinski definition) is 2. The van der Waals surface area contributed by atoms with E-state index in [1.165, 1.54) is 6.07 Å². The number of aromatic nitrogens is 2. The lowest BCUT2D eigenvalue weighted by atomic mass is 10.1. The molecular formula is C12H13FN2O. The van der Waals surface area contributed by atoms with Crippen molar-refractivity contribution in [3.8, 4) is 0 Å². The molecule has 0 radical (unpaired) electrons. The molecule has 16 heavy (non-hydrogen) atoms. The number of aryl methyl sites for hydroxylation is 2. The SMILES string of the molecule is Cc1ccc(C(O)c2nccn2C)cc1F. The molecule has 4 heteroatoms. The second-order valence-electron chi connectivity index (χ2n) is 3.81. The Kier molecular flexibility index (Phi) is 2.75. The molecule has 2 aromatic rings. The van der Waals surface area contributed by atoms with Gasteiger partial charge in [0.25, 0.3) is 0 Å². The van der Waals surface area contributed by atoms with Crippen LogP contribution in [-0.4, -0.2) is 14.7 Å². The van der Waals surface area contributed by atoms with Crippen LogP contribution in [0.2, 0.25) is 0 Å². The maximum absolute atomic E-state index is 13.3. The van der Waals surface area contributed by atoms with Gasteiger partial charge in [-0.1, -0.05) is 12.1 Å². The zero-order chi connectivity index (χ0) is 11.7. The van der Waals surface area contributed by atoms with Gasteiger partial charge in [0.05, 0.1) is 0 Å². The molecule has 0 bridgehead atoms. The van der Waals surface area contributed by atoms with Gasteiger partial charge in [0.1, 0.15) is 17.7 Å². The number of imidazole rings is 1. The quantitative estimate of drug-likeness (QED) is 0.840. The maximum Gasteiger partial charge on any atom is 0.142 e. The van der Waals surface area contributed by atoms with Crippen LogP contribution in [0.25, 0.3) is 0 Å². The normalized spacial score (nSPS) is 12.8. The Bertz CT molecular complexity index is 507. The third kappa shape index (κ3) is 1.84. The van der Waals surface area contributed by atoms with Crippen molar-refractivity contribution in [2.24, 2.45) is 7.05 Å². The largest absolute Gasteiger partial charge is 0.380 e. The van der Waals surface area contributed by atoms with Crippen LogP contribution in [-0.2, 0) is 7.05 Å². The Balaban J connectivity index is 2.38. The second-order valence-corrected chi connectivity index (χ2v) is 3.81. The highest BCUT2D eigenvalue weighted by Crippen LogP contribution is 2.21. The minimum absolute atomic E-state index is 0.314. The molecule has 1 aromatic heterocycles. The van der Waals surface area contributed by atoms with Crippen molar-refractivity contribution in [3.63, 3.8) is 0 Å². The summed E-state index contributed by atoms with van der Waals surface area (Å²) in [4.78, 5) is 4.03. The zero-order valence-corrected chi connectivity index (χ0v) is 9.18. The lowest BCUT2D eigenvalue weighted by Crippen LogP contribution is -2.07. The maximum atomic E-state index is 13.3. The second kappa shape index (κ2) is 4.06. The number of nitrogens with zero attached hydrogens (tertiary/aromatic N) is 2. The molecule has 0 saturated carbocycles. The van der Waals surface area contributed by atoms with Crippen molar-refractivity contribution in [2.45, 2.75) is 13.0 Å². The van der Waals surface area contributed by atoms with Crippen LogP contribution >= 0.6 is 0 Å². The van der Waals surface area contributed by atoms with Gasteiger partial charge in [-0.25, -0.2) is 9.37 Å². The average molecular weight is 220 g/mol. The van der Waals surface area contributed by atoms with E-state index in [0.29, 0.717) is 17.0 Å². The molecule has 2 rings (SSSR count). The fourth-order valence-electron chi connectivity index (χ4n) is 1.57. The molecule has 0 fully saturated rings. The number of rotatable bonds is 2. The van der Waals surface area contributed by atoms with E-state index in [1.54, 1.807) is 43.1 Å². The summed E-state index contributed by atoms with van der Waals surface area (Å²) < 4.78 is 15.1. The van der Waals surface area contributed by atoms with Crippen molar-refractivity contribution >= 4 is 0 Å². The number of hydrogen-bond donors (Lipinski definition) is 1. The average Bonchev–Trinajstić information content (AvgIpc) is 2.67. The first kappa shape index (κ1) is 10.8. The summed E-state index contributed by atoms with van der Waals surface area (Å²) in [5.74, 6) is 0.189. The Morgan fingerprint density at radius 1 is 1.44 bits per heavy atom. The molecule has 0 saturated heterocycles. The monoisotopic (exact) mass is 220 g/mol. The highest BCUT2D eigenvalue weighted by Gasteiger charge is 2.15. The number of aliphatic hydroxyl groups is 1. The van der Waals surface area contributed by atoms with Crippen LogP contribution < -0.4 is 0 Å². The number of benzene rings is 1. The van der Waals surface area contributed by atoms with Crippen molar-refractivity contribution in [3.05, 3.63) is 53.4 Å². The molecule has 1 heterocycles. The van der Waals surface area contributed by atoms with Gasteiger partial charge >= 0.3 is 0 Å². The lowest BCUT2D eigenvalue weighted by molar-refractivity contribution is 0.205. The Hall–Kier alpha value is -1.68. The molecule has 0 aliphatic heterocycles. The lowest BCUT2D eigenvalue weighted by Gasteiger charge is -2.11. The van der Waals surface area contributed by atoms with E-state index in [9.17, 15) is 9.50 Å². The smallest absolute Gasteiger partial charge is 0.142 e. The summed E-state index contributed by atoms with van der Waals surface area (Å²) in [6.45, 7) is 1.69. The molecule has 0 aliphatic rings. The molecule has 3 nitrogen and oxygen atoms in total. The predicted molar refractivity (Wildman–Crippen MR) is 58.4 cm³/mol. The Morgan fingerprint density at radius 2 is 2.19 bits per heavy atom. The van der Waals surface area contributed by atoms with Gasteiger partial charge in [-0.05, 0) is 24.1 Å². The van der Waals surface area contributed by atoms with Gasteiger partial charge in [0, 0.05) is 19.4 Å². The van der Waals surface area contributed by atoms with Crippen molar-refractivity contribution < 1.29 is 9.50 Å². The predicted octanol–water partition coefficient (Wildman–Crippen LogP) is 1.95. The minimum atomic E-state index is -0.893. The van der Waals surface area contributed by atoms with Crippen LogP contribution in [0.15, 0.2) is 30.6 Å². The highest BCUT2D eigenvalue weighted by molar-refractivity contribution is 5.28. The van der Waals surface area contributed by atoms with Crippen LogP contribution in [0, 0.1) is 12.7 Å². The van der Waals surface area contributed by atoms with E-state index in [1.807, 2.05) is 0 Å². The number of aliphatic hydroxyl groups excluding tert-OH is 1. The molecule has 1 atom stereocenters. The molecule has 1 unspecified atom stereocenters. The molecule has 1 N–H and O–H groups in total. The fraction of sp³-hybridized carbons (Fsp3) is 0.250. The van der Waals surface area contributed by atoms with Gasteiger partial charge in [0.2, 0.25) is 0 Å². The van der Waals surface area contributed by atoms with Gasteiger partial charge in [-0.2, -0.15) is 0 Å². The molecule has 0 amide bonds. The van der Waals surface area contributed by atoms with Crippen LogP contribution in [0.1, 0.15) is 23.1 Å². The standard InChI is InChI=1S/C12H13FN2O/c1-8-3-4-9(7-10(8)13)11(16)12-14-5-6-15(12)2/h3-7,11,16H,1-2H3. The summed E-state index contributed by atoms with van der Waals surface area (Å²) in [5.41, 5.74) is 1.08. The fourth-order valence-corrected chi connectivity index (χ4v) is 1.57. The van der Waals surface area contributed by atoms with E-state index >= 15 is 0 Å². The minimum Gasteiger partial charge on any atom is -0.380 e. The van der Waals surface area contributed by atoms with E-state index < -0.39 is 6.10 Å². The van der Waals surface area contributed by atoms with Crippen LogP contribution in [0.4, 0.5) is 4.39 Å². The zero-order valence-electron chi connectivity index (χ0n) is 9.18. The van der Waals surface area contributed by atoms with Crippen molar-refractivity contribution in [1.29, 1.82) is 0 Å². The summed E-state index contributed by atoms with van der Waals surface area (Å²) in [5, 5.41) is 10.0. The molecule has 84 valence electrons. The molecule has 1 aromatic carbocycles. The van der Waals surface area contributed by atoms with Gasteiger partial charge in [-0.15, -0.1) is 0 Å². The number of halogens is 1. The summed E-state index contributed by atoms with van der Waals surface area (Å²) in [7, 11) is 1.79. The third-order valence-electron chi connectivity index (χ3n) is 2.61. The first-order valence-corrected chi connectivity index (χ1v) is 5.01. The Labute approximate surface area is 93.2 Å². The molecule has 0 aliphatic carbocycles. The first-order valence-electron chi connectivity index (χ1n) is 5.01. The van der Waals surface area contributed by atoms with E-state index in [4.69, 9.17) is 0 Å². The summed E-state index contributed by atoms with van der Waals surface area (Å²) >= 11 is 0. The summed E-state index contributed by atoms with van der Waals surface area (Å²) in [6.07, 6.45) is 2.45. The van der Waals surface area contributed by atoms with Crippen LogP contribution in [0.3, 0.4) is 0 Å². The van der Waals surface area contributed by atoms with Crippen molar-refractivity contribution in [1.82, 2.24) is 9.55 Å². The summed E-state index contributed by atoms with van der Waals surface area (Å²) in [6, 6.07) is 4.70. The highest BCUT2D eigenvalue weighted by atomic mass is 19.1. The van der Waals surface area contributed by atoms with E-state index in [-0.39, 0.29) is 5.82 Å². The molecular weight excluding hydrogens is 207 g/mol. The van der Waals surface area contributed by atoms with Gasteiger partial charge in [0.15, 0.2) is 0 Å².